The number of methoxy groups -OCH3 is 1. The normalized spacial score (nSPS) is 13.6. The van der Waals surface area contributed by atoms with Gasteiger partial charge in [0.2, 0.25) is 5.88 Å². The number of hydrogen-bond donors (Lipinski definition) is 0. The largest absolute Gasteiger partial charge is 0.479 e. The number of aromatic nitrogens is 1. The van der Waals surface area contributed by atoms with Gasteiger partial charge in [-0.05, 0) is 54.8 Å². The molecule has 0 spiro atoms. The number of carbonyl (C=O) groups excluding carboxylic acids is 1. The number of urea groups is 1. The summed E-state index contributed by atoms with van der Waals surface area (Å²) in [5.41, 5.74) is 6.31. The fourth-order valence-electron chi connectivity index (χ4n) is 4.91. The highest BCUT2D eigenvalue weighted by molar-refractivity contribution is 5.96. The Balaban J connectivity index is 1.43. The van der Waals surface area contributed by atoms with E-state index >= 15 is 0 Å². The Labute approximate surface area is 212 Å². The van der Waals surface area contributed by atoms with Gasteiger partial charge in [0.15, 0.2) is 0 Å². The van der Waals surface area contributed by atoms with Crippen LogP contribution in [-0.4, -0.2) is 49.2 Å². The van der Waals surface area contributed by atoms with Gasteiger partial charge in [-0.25, -0.2) is 9.78 Å². The van der Waals surface area contributed by atoms with E-state index in [-0.39, 0.29) is 6.03 Å². The molecular weight excluding hydrogens is 448 g/mol. The van der Waals surface area contributed by atoms with E-state index in [1.165, 1.54) is 16.8 Å². The first kappa shape index (κ1) is 23.7. The zero-order chi connectivity index (χ0) is 25.1. The number of amides is 2. The van der Waals surface area contributed by atoms with Gasteiger partial charge in [0.25, 0.3) is 0 Å². The van der Waals surface area contributed by atoms with Crippen molar-refractivity contribution in [3.05, 3.63) is 95.6 Å². The molecule has 2 amide bonds. The maximum atomic E-state index is 14.0. The predicted molar refractivity (Wildman–Crippen MR) is 146 cm³/mol. The summed E-state index contributed by atoms with van der Waals surface area (Å²) in [5, 5.41) is 0.971. The summed E-state index contributed by atoms with van der Waals surface area (Å²) >= 11 is 0. The SMILES string of the molecule is COc1nc2ccccc2cc1N(Cc1ccccc1)C(=O)N1CCN(c2cc(C)cc(C)c2)CC1. The lowest BCUT2D eigenvalue weighted by Crippen LogP contribution is -2.53. The van der Waals surface area contributed by atoms with Crippen molar-refractivity contribution in [1.29, 1.82) is 0 Å². The smallest absolute Gasteiger partial charge is 0.325 e. The first-order chi connectivity index (χ1) is 17.5. The molecule has 0 atom stereocenters. The Kier molecular flexibility index (Phi) is 6.76. The number of piperazine rings is 1. The Morgan fingerprint density at radius 3 is 2.25 bits per heavy atom. The van der Waals surface area contributed by atoms with Gasteiger partial charge in [-0.2, -0.15) is 0 Å². The summed E-state index contributed by atoms with van der Waals surface area (Å²) in [4.78, 5) is 24.8. The summed E-state index contributed by atoms with van der Waals surface area (Å²) < 4.78 is 5.68. The number of fused-ring (bicyclic) bond motifs is 1. The minimum atomic E-state index is -0.0330. The Morgan fingerprint density at radius 2 is 1.56 bits per heavy atom. The lowest BCUT2D eigenvalue weighted by Gasteiger charge is -2.39. The number of hydrogen-bond acceptors (Lipinski definition) is 4. The van der Waals surface area contributed by atoms with E-state index in [0.29, 0.717) is 31.2 Å². The molecule has 0 aliphatic carbocycles. The van der Waals surface area contributed by atoms with Crippen molar-refractivity contribution >= 4 is 28.3 Å². The van der Waals surface area contributed by atoms with Gasteiger partial charge in [0.1, 0.15) is 5.69 Å². The van der Waals surface area contributed by atoms with Crippen LogP contribution in [0.25, 0.3) is 10.9 Å². The molecule has 1 fully saturated rings. The molecule has 0 unspecified atom stereocenters. The Hall–Kier alpha value is -4.06. The Morgan fingerprint density at radius 1 is 0.889 bits per heavy atom. The van der Waals surface area contributed by atoms with Crippen molar-refractivity contribution in [3.63, 3.8) is 0 Å². The molecule has 0 saturated carbocycles. The molecule has 184 valence electrons. The number of ether oxygens (including phenoxy) is 1. The molecule has 1 saturated heterocycles. The minimum Gasteiger partial charge on any atom is -0.479 e. The van der Waals surface area contributed by atoms with Crippen LogP contribution < -0.4 is 14.5 Å². The number of aryl methyl sites for hydroxylation is 2. The maximum absolute atomic E-state index is 14.0. The summed E-state index contributed by atoms with van der Waals surface area (Å²) in [6.07, 6.45) is 0. The van der Waals surface area contributed by atoms with Crippen LogP contribution in [0.15, 0.2) is 78.9 Å². The molecule has 2 heterocycles. The molecule has 0 bridgehead atoms. The van der Waals surface area contributed by atoms with Crippen molar-refractivity contribution in [2.75, 3.05) is 43.1 Å². The molecule has 1 aliphatic heterocycles. The standard InChI is InChI=1S/C30H32N4O2/c1-22-17-23(2)19-26(18-22)32-13-15-33(16-14-32)30(35)34(21-24-9-5-4-6-10-24)28-20-25-11-7-8-12-27(25)31-29(28)36-3/h4-12,17-20H,13-16,21H2,1-3H3. The van der Waals surface area contributed by atoms with Crippen molar-refractivity contribution < 1.29 is 9.53 Å². The van der Waals surface area contributed by atoms with Gasteiger partial charge < -0.3 is 14.5 Å². The third kappa shape index (κ3) is 4.98. The fraction of sp³-hybridized carbons (Fsp3) is 0.267. The number of nitrogens with zero attached hydrogens (tertiary/aromatic N) is 4. The van der Waals surface area contributed by atoms with Crippen LogP contribution in [-0.2, 0) is 6.54 Å². The summed E-state index contributed by atoms with van der Waals surface area (Å²) in [5.74, 6) is 0.451. The maximum Gasteiger partial charge on any atom is 0.325 e. The van der Waals surface area contributed by atoms with Gasteiger partial charge in [0, 0.05) is 37.3 Å². The minimum absolute atomic E-state index is 0.0330. The number of anilines is 2. The summed E-state index contributed by atoms with van der Waals surface area (Å²) in [7, 11) is 1.61. The quantitative estimate of drug-likeness (QED) is 0.362. The second kappa shape index (κ2) is 10.3. The van der Waals surface area contributed by atoms with Gasteiger partial charge in [-0.15, -0.1) is 0 Å². The summed E-state index contributed by atoms with van der Waals surface area (Å²) in [6.45, 7) is 7.58. The molecule has 1 aromatic heterocycles. The molecular formula is C30H32N4O2. The average molecular weight is 481 g/mol. The van der Waals surface area contributed by atoms with Gasteiger partial charge in [-0.1, -0.05) is 54.6 Å². The first-order valence-corrected chi connectivity index (χ1v) is 12.4. The number of rotatable bonds is 5. The number of carbonyl (C=O) groups is 1. The predicted octanol–water partition coefficient (Wildman–Crippen LogP) is 5.81. The van der Waals surface area contributed by atoms with Crippen LogP contribution in [0.1, 0.15) is 16.7 Å². The van der Waals surface area contributed by atoms with Crippen molar-refractivity contribution in [2.24, 2.45) is 0 Å². The van der Waals surface area contributed by atoms with E-state index in [9.17, 15) is 4.79 Å². The number of para-hydroxylation sites is 1. The van der Waals surface area contributed by atoms with Crippen LogP contribution in [0.2, 0.25) is 0 Å². The molecule has 3 aromatic carbocycles. The molecule has 1 aliphatic rings. The van der Waals surface area contributed by atoms with E-state index in [0.717, 1.165) is 29.6 Å². The summed E-state index contributed by atoms with van der Waals surface area (Å²) in [6, 6.07) is 26.6. The third-order valence-corrected chi connectivity index (χ3v) is 6.69. The molecule has 4 aromatic rings. The molecule has 0 radical (unpaired) electrons. The number of benzene rings is 3. The van der Waals surface area contributed by atoms with E-state index in [1.807, 2.05) is 65.6 Å². The Bertz CT molecular complexity index is 1340. The highest BCUT2D eigenvalue weighted by atomic mass is 16.5. The van der Waals surface area contributed by atoms with Crippen LogP contribution in [0, 0.1) is 13.8 Å². The van der Waals surface area contributed by atoms with Gasteiger partial charge in [-0.3, -0.25) is 4.90 Å². The van der Waals surface area contributed by atoms with Crippen LogP contribution >= 0.6 is 0 Å². The van der Waals surface area contributed by atoms with E-state index in [4.69, 9.17) is 9.72 Å². The third-order valence-electron chi connectivity index (χ3n) is 6.69. The van der Waals surface area contributed by atoms with Crippen LogP contribution in [0.3, 0.4) is 0 Å². The van der Waals surface area contributed by atoms with E-state index in [2.05, 4.69) is 36.9 Å². The van der Waals surface area contributed by atoms with Gasteiger partial charge in [0.05, 0.1) is 19.2 Å². The highest BCUT2D eigenvalue weighted by Crippen LogP contribution is 2.32. The zero-order valence-electron chi connectivity index (χ0n) is 21.1. The molecule has 6 nitrogen and oxygen atoms in total. The second-order valence-corrected chi connectivity index (χ2v) is 9.38. The lowest BCUT2D eigenvalue weighted by molar-refractivity contribution is 0.200. The molecule has 0 N–H and O–H groups in total. The number of pyridine rings is 1. The van der Waals surface area contributed by atoms with Crippen LogP contribution in [0.5, 0.6) is 5.88 Å². The van der Waals surface area contributed by atoms with Crippen molar-refractivity contribution in [2.45, 2.75) is 20.4 Å². The van der Waals surface area contributed by atoms with Crippen molar-refractivity contribution in [1.82, 2.24) is 9.88 Å². The van der Waals surface area contributed by atoms with Crippen LogP contribution in [0.4, 0.5) is 16.2 Å². The monoisotopic (exact) mass is 480 g/mol. The molecule has 6 heteroatoms. The second-order valence-electron chi connectivity index (χ2n) is 9.38. The first-order valence-electron chi connectivity index (χ1n) is 12.4. The zero-order valence-corrected chi connectivity index (χ0v) is 21.1. The molecule has 5 rings (SSSR count). The van der Waals surface area contributed by atoms with E-state index < -0.39 is 0 Å². The highest BCUT2D eigenvalue weighted by Gasteiger charge is 2.29. The van der Waals surface area contributed by atoms with E-state index in [1.54, 1.807) is 12.0 Å². The van der Waals surface area contributed by atoms with Crippen molar-refractivity contribution in [3.8, 4) is 5.88 Å². The fourth-order valence-corrected chi connectivity index (χ4v) is 4.91. The topological polar surface area (TPSA) is 48.9 Å². The lowest BCUT2D eigenvalue weighted by atomic mass is 10.1. The van der Waals surface area contributed by atoms with Gasteiger partial charge >= 0.3 is 6.03 Å². The average Bonchev–Trinajstić information content (AvgIpc) is 2.91. The molecule has 36 heavy (non-hydrogen) atoms.